The number of amides is 1. The van der Waals surface area contributed by atoms with Crippen molar-refractivity contribution in [2.75, 3.05) is 13.1 Å². The van der Waals surface area contributed by atoms with E-state index in [4.69, 9.17) is 4.74 Å². The molecule has 1 fully saturated rings. The lowest BCUT2D eigenvalue weighted by molar-refractivity contribution is -0.127. The maximum absolute atomic E-state index is 12.5. The summed E-state index contributed by atoms with van der Waals surface area (Å²) in [6.07, 6.45) is 0.996. The molecule has 5 heteroatoms. The number of nitrogens with zero attached hydrogens (tertiary/aromatic N) is 1. The minimum Gasteiger partial charge on any atom is -0.481 e. The summed E-state index contributed by atoms with van der Waals surface area (Å²) in [5, 5.41) is 12.6. The summed E-state index contributed by atoms with van der Waals surface area (Å²) in [5.41, 5.74) is 3.53. The van der Waals surface area contributed by atoms with Crippen LogP contribution in [0, 0.1) is 0 Å². The lowest BCUT2D eigenvalue weighted by atomic mass is 9.87. The van der Waals surface area contributed by atoms with Gasteiger partial charge in [-0.25, -0.2) is 0 Å². The van der Waals surface area contributed by atoms with Gasteiger partial charge in [0.2, 0.25) is 0 Å². The zero-order chi connectivity index (χ0) is 22.4. The van der Waals surface area contributed by atoms with Crippen molar-refractivity contribution in [3.63, 3.8) is 0 Å². The van der Waals surface area contributed by atoms with Crippen LogP contribution in [0.2, 0.25) is 0 Å². The molecule has 2 N–H and O–H groups in total. The third-order valence-corrected chi connectivity index (χ3v) is 5.84. The third kappa shape index (κ3) is 7.08. The highest BCUT2D eigenvalue weighted by molar-refractivity contribution is 5.80. The summed E-state index contributed by atoms with van der Waals surface area (Å²) >= 11 is 0. The van der Waals surface area contributed by atoms with Crippen LogP contribution in [-0.4, -0.2) is 41.2 Å². The van der Waals surface area contributed by atoms with Gasteiger partial charge in [-0.1, -0.05) is 57.2 Å². The Hall–Kier alpha value is -2.37. The standard InChI is InChI=1S/C26H36N2O3/c1-19(31-24-7-5-6-22(16-24)26(2,3)4)25(30)27-17-20-8-10-21(11-9-20)18-28-14-12-23(29)13-15-28/h5-11,16,19,23,29H,12-15,17-18H2,1-4H3,(H,27,30). The summed E-state index contributed by atoms with van der Waals surface area (Å²) in [4.78, 5) is 14.9. The number of carbonyl (C=O) groups is 1. The first-order chi connectivity index (χ1) is 14.7. The Kier molecular flexibility index (Phi) is 7.74. The van der Waals surface area contributed by atoms with Crippen molar-refractivity contribution in [2.24, 2.45) is 0 Å². The molecule has 2 aromatic carbocycles. The van der Waals surface area contributed by atoms with E-state index in [9.17, 15) is 9.90 Å². The molecule has 168 valence electrons. The topological polar surface area (TPSA) is 61.8 Å². The molecule has 1 aliphatic rings. The maximum atomic E-state index is 12.5. The molecule has 0 saturated carbocycles. The molecule has 0 aliphatic carbocycles. The van der Waals surface area contributed by atoms with Crippen LogP contribution in [0.5, 0.6) is 5.75 Å². The zero-order valence-electron chi connectivity index (χ0n) is 19.2. The maximum Gasteiger partial charge on any atom is 0.261 e. The molecule has 3 rings (SSSR count). The second-order valence-electron chi connectivity index (χ2n) is 9.58. The highest BCUT2D eigenvalue weighted by Gasteiger charge is 2.18. The number of likely N-dealkylation sites (tertiary alicyclic amines) is 1. The molecule has 5 nitrogen and oxygen atoms in total. The van der Waals surface area contributed by atoms with Crippen LogP contribution < -0.4 is 10.1 Å². The normalized spacial score (nSPS) is 16.7. The molecule has 0 spiro atoms. The molecule has 31 heavy (non-hydrogen) atoms. The molecule has 2 aromatic rings. The van der Waals surface area contributed by atoms with Crippen molar-refractivity contribution in [3.05, 3.63) is 65.2 Å². The molecule has 1 amide bonds. The highest BCUT2D eigenvalue weighted by Crippen LogP contribution is 2.26. The van der Waals surface area contributed by atoms with E-state index in [1.807, 2.05) is 18.2 Å². The SMILES string of the molecule is CC(Oc1cccc(C(C)(C)C)c1)C(=O)NCc1ccc(CN2CCC(O)CC2)cc1. The summed E-state index contributed by atoms with van der Waals surface area (Å²) in [7, 11) is 0. The van der Waals surface area contributed by atoms with Crippen molar-refractivity contribution in [1.29, 1.82) is 0 Å². The average Bonchev–Trinajstić information content (AvgIpc) is 2.74. The van der Waals surface area contributed by atoms with E-state index >= 15 is 0 Å². The van der Waals surface area contributed by atoms with Crippen LogP contribution in [0.25, 0.3) is 0 Å². The fourth-order valence-electron chi connectivity index (χ4n) is 3.72. The molecule has 0 radical (unpaired) electrons. The molecule has 1 saturated heterocycles. The number of aliphatic hydroxyl groups excluding tert-OH is 1. The Morgan fingerprint density at radius 2 is 1.77 bits per heavy atom. The van der Waals surface area contributed by atoms with Crippen LogP contribution in [0.1, 0.15) is 57.2 Å². The van der Waals surface area contributed by atoms with Crippen LogP contribution >= 0.6 is 0 Å². The van der Waals surface area contributed by atoms with E-state index in [-0.39, 0.29) is 17.4 Å². The number of hydrogen-bond donors (Lipinski definition) is 2. The lowest BCUT2D eigenvalue weighted by Crippen LogP contribution is -2.36. The van der Waals surface area contributed by atoms with Crippen molar-refractivity contribution in [1.82, 2.24) is 10.2 Å². The van der Waals surface area contributed by atoms with Crippen molar-refractivity contribution >= 4 is 5.91 Å². The highest BCUT2D eigenvalue weighted by atomic mass is 16.5. The van der Waals surface area contributed by atoms with Crippen LogP contribution in [-0.2, 0) is 23.3 Å². The monoisotopic (exact) mass is 424 g/mol. The van der Waals surface area contributed by atoms with E-state index in [1.54, 1.807) is 6.92 Å². The Labute approximate surface area is 186 Å². The van der Waals surface area contributed by atoms with Gasteiger partial charge < -0.3 is 15.2 Å². The summed E-state index contributed by atoms with van der Waals surface area (Å²) in [6, 6.07) is 16.3. The van der Waals surface area contributed by atoms with Gasteiger partial charge in [0.15, 0.2) is 6.10 Å². The predicted octanol–water partition coefficient (Wildman–Crippen LogP) is 4.02. The first-order valence-electron chi connectivity index (χ1n) is 11.2. The molecular weight excluding hydrogens is 388 g/mol. The fourth-order valence-corrected chi connectivity index (χ4v) is 3.72. The second kappa shape index (κ2) is 10.3. The van der Waals surface area contributed by atoms with Crippen molar-refractivity contribution in [3.8, 4) is 5.75 Å². The Balaban J connectivity index is 1.46. The van der Waals surface area contributed by atoms with E-state index in [2.05, 4.69) is 61.3 Å². The Bertz CT molecular complexity index is 850. The van der Waals surface area contributed by atoms with Gasteiger partial charge in [-0.2, -0.15) is 0 Å². The summed E-state index contributed by atoms with van der Waals surface area (Å²) in [6.45, 7) is 11.5. The van der Waals surface area contributed by atoms with Crippen LogP contribution in [0.4, 0.5) is 0 Å². The Morgan fingerprint density at radius 3 is 2.42 bits per heavy atom. The van der Waals surface area contributed by atoms with Gasteiger partial charge in [0.25, 0.3) is 5.91 Å². The molecule has 1 heterocycles. The van der Waals surface area contributed by atoms with E-state index in [0.717, 1.165) is 38.0 Å². The van der Waals surface area contributed by atoms with Gasteiger partial charge in [-0.05, 0) is 54.0 Å². The molecule has 1 aliphatic heterocycles. The number of rotatable bonds is 7. The number of ether oxygens (including phenoxy) is 1. The van der Waals surface area contributed by atoms with Gasteiger partial charge in [0.05, 0.1) is 6.10 Å². The average molecular weight is 425 g/mol. The first-order valence-corrected chi connectivity index (χ1v) is 11.2. The fraction of sp³-hybridized carbons (Fsp3) is 0.500. The molecule has 1 atom stereocenters. The van der Waals surface area contributed by atoms with Crippen LogP contribution in [0.15, 0.2) is 48.5 Å². The molecular formula is C26H36N2O3. The number of piperidine rings is 1. The van der Waals surface area contributed by atoms with E-state index in [1.165, 1.54) is 11.1 Å². The van der Waals surface area contributed by atoms with Crippen molar-refractivity contribution in [2.45, 2.75) is 71.2 Å². The van der Waals surface area contributed by atoms with Gasteiger partial charge in [0.1, 0.15) is 5.75 Å². The van der Waals surface area contributed by atoms with E-state index < -0.39 is 6.10 Å². The van der Waals surface area contributed by atoms with Gasteiger partial charge in [-0.15, -0.1) is 0 Å². The first kappa shape index (κ1) is 23.3. The number of nitrogens with one attached hydrogen (secondary N) is 1. The summed E-state index contributed by atoms with van der Waals surface area (Å²) < 4.78 is 5.88. The minimum atomic E-state index is -0.566. The Morgan fingerprint density at radius 1 is 1.13 bits per heavy atom. The largest absolute Gasteiger partial charge is 0.481 e. The third-order valence-electron chi connectivity index (χ3n) is 5.84. The zero-order valence-corrected chi connectivity index (χ0v) is 19.2. The van der Waals surface area contributed by atoms with Crippen molar-refractivity contribution < 1.29 is 14.6 Å². The quantitative estimate of drug-likeness (QED) is 0.705. The molecule has 0 bridgehead atoms. The number of hydrogen-bond acceptors (Lipinski definition) is 4. The van der Waals surface area contributed by atoms with Gasteiger partial charge >= 0.3 is 0 Å². The number of benzene rings is 2. The number of aliphatic hydroxyl groups is 1. The number of carbonyl (C=O) groups excluding carboxylic acids is 1. The summed E-state index contributed by atoms with van der Waals surface area (Å²) in [5.74, 6) is 0.585. The second-order valence-corrected chi connectivity index (χ2v) is 9.58. The lowest BCUT2D eigenvalue weighted by Gasteiger charge is -2.29. The van der Waals surface area contributed by atoms with Gasteiger partial charge in [0, 0.05) is 26.2 Å². The van der Waals surface area contributed by atoms with Crippen LogP contribution in [0.3, 0.4) is 0 Å². The molecule has 1 unspecified atom stereocenters. The predicted molar refractivity (Wildman–Crippen MR) is 124 cm³/mol. The van der Waals surface area contributed by atoms with Gasteiger partial charge in [-0.3, -0.25) is 9.69 Å². The smallest absolute Gasteiger partial charge is 0.261 e. The minimum absolute atomic E-state index is 0.0340. The van der Waals surface area contributed by atoms with E-state index in [0.29, 0.717) is 12.3 Å². The molecule has 0 aromatic heterocycles.